The summed E-state index contributed by atoms with van der Waals surface area (Å²) < 4.78 is 2.48. The topological polar surface area (TPSA) is 38.7 Å². The monoisotopic (exact) mass is 769 g/mol. The summed E-state index contributed by atoms with van der Waals surface area (Å²) in [5.74, 6) is 0.687. The third kappa shape index (κ3) is 6.56. The van der Waals surface area contributed by atoms with Crippen LogP contribution < -0.4 is 0 Å². The summed E-state index contributed by atoms with van der Waals surface area (Å²) in [5, 5.41) is 3.68. The lowest BCUT2D eigenvalue weighted by atomic mass is 9.97. The third-order valence-electron chi connectivity index (χ3n) is 11.1. The maximum Gasteiger partial charge on any atom is 0.160 e. The van der Waals surface area contributed by atoms with Crippen LogP contribution in [0.2, 0.25) is 0 Å². The minimum atomic E-state index is 0.687. The molecule has 0 aliphatic rings. The molecule has 276 valence electrons. The second-order valence-electron chi connectivity index (χ2n) is 14.8. The van der Waals surface area contributed by atoms with Gasteiger partial charge in [-0.1, -0.05) is 182 Å². The summed E-state index contributed by atoms with van der Waals surface area (Å²) >= 11 is 1.82. The SMILES string of the molecule is c1ccc(-c2ccc(-c3cc(-c4cccc(-c5ccc6nc(-c7ccccc7)c7sc8ccccc8c7c6c5)c4)nc(-c4ccc(-c5ccccc5)cc4)n3)cc2)cc1. The minimum Gasteiger partial charge on any atom is -0.246 e. The molecule has 0 spiro atoms. The highest BCUT2D eigenvalue weighted by Gasteiger charge is 2.17. The Morgan fingerprint density at radius 3 is 1.47 bits per heavy atom. The van der Waals surface area contributed by atoms with Crippen molar-refractivity contribution in [3.8, 4) is 78.5 Å². The van der Waals surface area contributed by atoms with Crippen LogP contribution in [0.25, 0.3) is 110 Å². The van der Waals surface area contributed by atoms with Crippen molar-refractivity contribution in [1.82, 2.24) is 15.0 Å². The van der Waals surface area contributed by atoms with Gasteiger partial charge in [-0.15, -0.1) is 11.3 Å². The average molecular weight is 770 g/mol. The lowest BCUT2D eigenvalue weighted by Crippen LogP contribution is -1.96. The fourth-order valence-corrected chi connectivity index (χ4v) is 9.32. The van der Waals surface area contributed by atoms with Crippen LogP contribution in [0, 0.1) is 0 Å². The molecule has 0 bridgehead atoms. The molecule has 0 fully saturated rings. The number of benzene rings is 8. The summed E-state index contributed by atoms with van der Waals surface area (Å²) in [6, 6.07) is 74.9. The first-order valence-corrected chi connectivity index (χ1v) is 20.7. The Morgan fingerprint density at radius 1 is 0.305 bits per heavy atom. The Labute approximate surface area is 346 Å². The molecule has 3 nitrogen and oxygen atoms in total. The highest BCUT2D eigenvalue weighted by atomic mass is 32.1. The van der Waals surface area contributed by atoms with E-state index >= 15 is 0 Å². The van der Waals surface area contributed by atoms with Gasteiger partial charge in [-0.3, -0.25) is 0 Å². The summed E-state index contributed by atoms with van der Waals surface area (Å²) in [6.45, 7) is 0. The van der Waals surface area contributed by atoms with Crippen LogP contribution in [-0.4, -0.2) is 15.0 Å². The molecule has 0 saturated heterocycles. The maximum atomic E-state index is 5.28. The molecule has 0 atom stereocenters. The molecule has 0 aliphatic heterocycles. The number of hydrogen-bond acceptors (Lipinski definition) is 4. The van der Waals surface area contributed by atoms with Crippen molar-refractivity contribution < 1.29 is 0 Å². The van der Waals surface area contributed by atoms with Crippen LogP contribution in [0.4, 0.5) is 0 Å². The van der Waals surface area contributed by atoms with Crippen molar-refractivity contribution in [3.63, 3.8) is 0 Å². The van der Waals surface area contributed by atoms with E-state index in [9.17, 15) is 0 Å². The molecule has 11 rings (SSSR count). The van der Waals surface area contributed by atoms with Gasteiger partial charge in [0.1, 0.15) is 0 Å². The van der Waals surface area contributed by atoms with Gasteiger partial charge < -0.3 is 0 Å². The highest BCUT2D eigenvalue weighted by Crippen LogP contribution is 2.44. The smallest absolute Gasteiger partial charge is 0.160 e. The molecule has 0 aliphatic carbocycles. The third-order valence-corrected chi connectivity index (χ3v) is 12.3. The van der Waals surface area contributed by atoms with E-state index in [4.69, 9.17) is 15.0 Å². The van der Waals surface area contributed by atoms with Crippen LogP contribution in [0.5, 0.6) is 0 Å². The van der Waals surface area contributed by atoms with E-state index in [2.05, 4.69) is 200 Å². The molecule has 59 heavy (non-hydrogen) atoms. The van der Waals surface area contributed by atoms with Gasteiger partial charge in [-0.2, -0.15) is 0 Å². The van der Waals surface area contributed by atoms with Crippen molar-refractivity contribution in [2.75, 3.05) is 0 Å². The largest absolute Gasteiger partial charge is 0.246 e. The lowest BCUT2D eigenvalue weighted by Gasteiger charge is -2.12. The zero-order valence-corrected chi connectivity index (χ0v) is 32.8. The fraction of sp³-hybridized carbons (Fsp3) is 0. The number of aromatic nitrogens is 3. The van der Waals surface area contributed by atoms with Gasteiger partial charge in [0.25, 0.3) is 0 Å². The van der Waals surface area contributed by atoms with Crippen LogP contribution in [0.15, 0.2) is 212 Å². The van der Waals surface area contributed by atoms with E-state index in [-0.39, 0.29) is 0 Å². The number of thiophene rings is 1. The van der Waals surface area contributed by atoms with Crippen LogP contribution in [0.3, 0.4) is 0 Å². The number of nitrogens with zero attached hydrogens (tertiary/aromatic N) is 3. The van der Waals surface area contributed by atoms with Crippen LogP contribution in [0.1, 0.15) is 0 Å². The highest BCUT2D eigenvalue weighted by molar-refractivity contribution is 7.26. The van der Waals surface area contributed by atoms with Gasteiger partial charge in [0.2, 0.25) is 0 Å². The lowest BCUT2D eigenvalue weighted by molar-refractivity contribution is 1.18. The molecule has 0 N–H and O–H groups in total. The number of pyridine rings is 1. The van der Waals surface area contributed by atoms with E-state index in [1.54, 1.807) is 0 Å². The van der Waals surface area contributed by atoms with Crippen molar-refractivity contribution in [2.24, 2.45) is 0 Å². The predicted molar refractivity (Wildman–Crippen MR) is 248 cm³/mol. The van der Waals surface area contributed by atoms with Crippen LogP contribution in [-0.2, 0) is 0 Å². The molecule has 0 radical (unpaired) electrons. The van der Waals surface area contributed by atoms with Gasteiger partial charge in [-0.05, 0) is 63.7 Å². The summed E-state index contributed by atoms with van der Waals surface area (Å²) in [6.07, 6.45) is 0. The Kier molecular flexibility index (Phi) is 8.68. The summed E-state index contributed by atoms with van der Waals surface area (Å²) in [7, 11) is 0. The van der Waals surface area contributed by atoms with E-state index in [0.29, 0.717) is 5.82 Å². The molecular formula is C55H35N3S. The number of fused-ring (bicyclic) bond motifs is 5. The Hall–Kier alpha value is -7.53. The molecule has 4 heteroatoms. The Balaban J connectivity index is 1.03. The predicted octanol–water partition coefficient (Wildman–Crippen LogP) is 15.1. The molecule has 0 amide bonds. The first-order chi connectivity index (χ1) is 29.2. The minimum absolute atomic E-state index is 0.687. The molecule has 0 saturated carbocycles. The molecular weight excluding hydrogens is 735 g/mol. The standard InChI is InChI=1S/C55H35N3S/c1-4-13-36(14-5-1)38-23-27-40(28-24-38)49-35-50(58-55(57-49)42-29-25-39(26-30-42)37-15-6-2-7-16-37)45-20-12-19-43(33-45)44-31-32-48-47(34-44)52-46-21-10-11-22-51(46)59-54(52)53(56-48)41-17-8-3-9-18-41/h1-35H. The van der Waals surface area contributed by atoms with Gasteiger partial charge >= 0.3 is 0 Å². The fourth-order valence-electron chi connectivity index (χ4n) is 8.09. The molecule has 0 unspecified atom stereocenters. The van der Waals surface area contributed by atoms with Crippen molar-refractivity contribution in [3.05, 3.63) is 212 Å². The Bertz CT molecular complexity index is 3180. The van der Waals surface area contributed by atoms with Crippen molar-refractivity contribution in [1.29, 1.82) is 0 Å². The first kappa shape index (κ1) is 34.7. The zero-order chi connectivity index (χ0) is 39.1. The van der Waals surface area contributed by atoms with Crippen LogP contribution >= 0.6 is 11.3 Å². The van der Waals surface area contributed by atoms with Crippen molar-refractivity contribution in [2.45, 2.75) is 0 Å². The van der Waals surface area contributed by atoms with Crippen molar-refractivity contribution >= 4 is 42.4 Å². The molecule has 8 aromatic carbocycles. The van der Waals surface area contributed by atoms with Gasteiger partial charge in [0, 0.05) is 43.1 Å². The molecule has 3 heterocycles. The maximum absolute atomic E-state index is 5.28. The van der Waals surface area contributed by atoms with Gasteiger partial charge in [0.15, 0.2) is 5.82 Å². The van der Waals surface area contributed by atoms with E-state index < -0.39 is 0 Å². The normalized spacial score (nSPS) is 11.4. The molecule has 3 aromatic heterocycles. The quantitative estimate of drug-likeness (QED) is 0.162. The van der Waals surface area contributed by atoms with E-state index in [1.165, 1.54) is 36.9 Å². The number of hydrogen-bond donors (Lipinski definition) is 0. The summed E-state index contributed by atoms with van der Waals surface area (Å²) in [4.78, 5) is 15.7. The second-order valence-corrected chi connectivity index (χ2v) is 15.8. The zero-order valence-electron chi connectivity index (χ0n) is 32.0. The average Bonchev–Trinajstić information content (AvgIpc) is 3.72. The van der Waals surface area contributed by atoms with E-state index in [0.717, 1.165) is 66.9 Å². The number of rotatable bonds is 7. The van der Waals surface area contributed by atoms with Gasteiger partial charge in [0.05, 0.1) is 27.3 Å². The molecule has 11 aromatic rings. The van der Waals surface area contributed by atoms with Gasteiger partial charge in [-0.25, -0.2) is 15.0 Å². The van der Waals surface area contributed by atoms with E-state index in [1.807, 2.05) is 23.5 Å². The first-order valence-electron chi connectivity index (χ1n) is 19.8. The second kappa shape index (κ2) is 14.8. The Morgan fingerprint density at radius 2 is 0.797 bits per heavy atom. The summed E-state index contributed by atoms with van der Waals surface area (Å²) in [5.41, 5.74) is 14.9.